The smallest absolute Gasteiger partial charge is 0.243 e. The molecule has 4 nitrogen and oxygen atoms in total. The number of aryl methyl sites for hydroxylation is 1. The number of nitrogens with one attached hydrogen (secondary N) is 1. The molecule has 0 spiro atoms. The summed E-state index contributed by atoms with van der Waals surface area (Å²) in [5.74, 6) is -0.125. The second kappa shape index (κ2) is 9.91. The summed E-state index contributed by atoms with van der Waals surface area (Å²) in [6.07, 6.45) is 0.864. The molecule has 0 heterocycles. The zero-order valence-corrected chi connectivity index (χ0v) is 16.7. The average molecular weight is 367 g/mol. The third-order valence-electron chi connectivity index (χ3n) is 4.44. The molecule has 0 saturated carbocycles. The summed E-state index contributed by atoms with van der Waals surface area (Å²) in [6.45, 7) is 8.17. The van der Waals surface area contributed by atoms with Crippen LogP contribution in [0.25, 0.3) is 0 Å². The zero-order chi connectivity index (χ0) is 19.8. The fourth-order valence-electron chi connectivity index (χ4n) is 3.14. The molecule has 2 aromatic carbocycles. The Morgan fingerprint density at radius 1 is 1.00 bits per heavy atom. The first-order chi connectivity index (χ1) is 12.9. The molecule has 2 rings (SSSR count). The van der Waals surface area contributed by atoms with E-state index in [1.165, 1.54) is 0 Å². The molecule has 1 atom stereocenters. The molecule has 1 N–H and O–H groups in total. The predicted molar refractivity (Wildman–Crippen MR) is 109 cm³/mol. The molecule has 0 aliphatic carbocycles. The van der Waals surface area contributed by atoms with Gasteiger partial charge in [0.15, 0.2) is 0 Å². The lowest BCUT2D eigenvalue weighted by molar-refractivity contribution is -0.141. The van der Waals surface area contributed by atoms with Crippen molar-refractivity contribution in [3.05, 3.63) is 71.3 Å². The van der Waals surface area contributed by atoms with E-state index in [0.717, 1.165) is 16.7 Å². The second-order valence-electron chi connectivity index (χ2n) is 7.23. The van der Waals surface area contributed by atoms with Crippen molar-refractivity contribution < 1.29 is 9.59 Å². The Labute approximate surface area is 162 Å². The van der Waals surface area contributed by atoms with Crippen LogP contribution < -0.4 is 5.32 Å². The predicted octanol–water partition coefficient (Wildman–Crippen LogP) is 3.87. The molecule has 0 aliphatic rings. The number of nitrogens with zero attached hydrogens (tertiary/aromatic N) is 1. The molecule has 2 aromatic rings. The molecular formula is C23H30N2O2. The molecular weight excluding hydrogens is 336 g/mol. The molecule has 0 aromatic heterocycles. The first-order valence-electron chi connectivity index (χ1n) is 9.60. The van der Waals surface area contributed by atoms with Crippen molar-refractivity contribution in [1.29, 1.82) is 0 Å². The number of carbonyl (C=O) groups excluding carboxylic acids is 2. The van der Waals surface area contributed by atoms with Crippen molar-refractivity contribution >= 4 is 11.8 Å². The molecule has 144 valence electrons. The van der Waals surface area contributed by atoms with E-state index in [0.29, 0.717) is 19.4 Å². The van der Waals surface area contributed by atoms with E-state index in [4.69, 9.17) is 0 Å². The number of hydrogen-bond donors (Lipinski definition) is 1. The van der Waals surface area contributed by atoms with Gasteiger partial charge in [-0.05, 0) is 31.9 Å². The Morgan fingerprint density at radius 3 is 2.26 bits per heavy atom. The molecule has 0 fully saturated rings. The summed E-state index contributed by atoms with van der Waals surface area (Å²) in [5.41, 5.74) is 3.22. The third kappa shape index (κ3) is 6.24. The molecule has 0 aliphatic heterocycles. The first-order valence-corrected chi connectivity index (χ1v) is 9.60. The van der Waals surface area contributed by atoms with Crippen molar-refractivity contribution in [3.63, 3.8) is 0 Å². The van der Waals surface area contributed by atoms with Crippen LogP contribution in [0.2, 0.25) is 0 Å². The van der Waals surface area contributed by atoms with Gasteiger partial charge in [-0.15, -0.1) is 0 Å². The van der Waals surface area contributed by atoms with E-state index in [1.54, 1.807) is 4.90 Å². The van der Waals surface area contributed by atoms with Gasteiger partial charge in [-0.25, -0.2) is 0 Å². The number of amides is 2. The SMILES string of the molecule is CCC(=O)N(Cc1cccc(C)c1)[C@@H](Cc1ccccc1)C(=O)NC(C)C. The normalized spacial score (nSPS) is 11.9. The maximum Gasteiger partial charge on any atom is 0.243 e. The van der Waals surface area contributed by atoms with E-state index in [9.17, 15) is 9.59 Å². The van der Waals surface area contributed by atoms with Gasteiger partial charge in [-0.2, -0.15) is 0 Å². The molecule has 2 amide bonds. The van der Waals surface area contributed by atoms with Gasteiger partial charge < -0.3 is 10.2 Å². The molecule has 0 unspecified atom stereocenters. The maximum atomic E-state index is 13.0. The van der Waals surface area contributed by atoms with Crippen LogP contribution in [0, 0.1) is 6.92 Å². The molecule has 4 heteroatoms. The molecule has 0 saturated heterocycles. The minimum absolute atomic E-state index is 0.0173. The van der Waals surface area contributed by atoms with Crippen molar-refractivity contribution in [1.82, 2.24) is 10.2 Å². The van der Waals surface area contributed by atoms with Gasteiger partial charge in [-0.3, -0.25) is 9.59 Å². The summed E-state index contributed by atoms with van der Waals surface area (Å²) in [7, 11) is 0. The third-order valence-corrected chi connectivity index (χ3v) is 4.44. The Kier molecular flexibility index (Phi) is 7.59. The van der Waals surface area contributed by atoms with Crippen LogP contribution in [0.4, 0.5) is 0 Å². The summed E-state index contributed by atoms with van der Waals surface area (Å²) >= 11 is 0. The largest absolute Gasteiger partial charge is 0.352 e. The van der Waals surface area contributed by atoms with Crippen LogP contribution in [-0.4, -0.2) is 28.8 Å². The van der Waals surface area contributed by atoms with Crippen molar-refractivity contribution in [3.8, 4) is 0 Å². The molecule has 27 heavy (non-hydrogen) atoms. The average Bonchev–Trinajstić information content (AvgIpc) is 2.64. The minimum atomic E-state index is -0.539. The summed E-state index contributed by atoms with van der Waals surface area (Å²) in [5, 5.41) is 2.99. The van der Waals surface area contributed by atoms with E-state index >= 15 is 0 Å². The Morgan fingerprint density at radius 2 is 1.67 bits per heavy atom. The topological polar surface area (TPSA) is 49.4 Å². The molecule has 0 bridgehead atoms. The monoisotopic (exact) mass is 366 g/mol. The fourth-order valence-corrected chi connectivity index (χ4v) is 3.14. The Bertz CT molecular complexity index is 756. The van der Waals surface area contributed by atoms with Crippen molar-refractivity contribution in [2.75, 3.05) is 0 Å². The van der Waals surface area contributed by atoms with Crippen LogP contribution >= 0.6 is 0 Å². The highest BCUT2D eigenvalue weighted by Crippen LogP contribution is 2.16. The van der Waals surface area contributed by atoms with E-state index in [1.807, 2.05) is 76.2 Å². The Hall–Kier alpha value is -2.62. The van der Waals surface area contributed by atoms with Crippen LogP contribution in [0.15, 0.2) is 54.6 Å². The lowest BCUT2D eigenvalue weighted by Gasteiger charge is -2.32. The van der Waals surface area contributed by atoms with Gasteiger partial charge in [0.05, 0.1) is 0 Å². The van der Waals surface area contributed by atoms with Gasteiger partial charge in [0.1, 0.15) is 6.04 Å². The quantitative estimate of drug-likeness (QED) is 0.771. The van der Waals surface area contributed by atoms with E-state index in [-0.39, 0.29) is 17.9 Å². The highest BCUT2D eigenvalue weighted by molar-refractivity contribution is 5.88. The maximum absolute atomic E-state index is 13.0. The van der Waals surface area contributed by atoms with Crippen molar-refractivity contribution in [2.45, 2.75) is 59.2 Å². The van der Waals surface area contributed by atoms with Gasteiger partial charge in [0.2, 0.25) is 11.8 Å². The number of hydrogen-bond acceptors (Lipinski definition) is 2. The van der Waals surface area contributed by atoms with Crippen molar-refractivity contribution in [2.24, 2.45) is 0 Å². The van der Waals surface area contributed by atoms with Gasteiger partial charge in [0, 0.05) is 25.4 Å². The fraction of sp³-hybridized carbons (Fsp3) is 0.391. The minimum Gasteiger partial charge on any atom is -0.352 e. The van der Waals surface area contributed by atoms with Gasteiger partial charge in [0.25, 0.3) is 0 Å². The lowest BCUT2D eigenvalue weighted by Crippen LogP contribution is -2.51. The van der Waals surface area contributed by atoms with Crippen LogP contribution in [0.3, 0.4) is 0 Å². The number of carbonyl (C=O) groups is 2. The highest BCUT2D eigenvalue weighted by atomic mass is 16.2. The first kappa shape index (κ1) is 20.7. The van der Waals surface area contributed by atoms with Crippen LogP contribution in [0.1, 0.15) is 43.9 Å². The highest BCUT2D eigenvalue weighted by Gasteiger charge is 2.29. The number of rotatable bonds is 8. The summed E-state index contributed by atoms with van der Waals surface area (Å²) in [4.78, 5) is 27.5. The second-order valence-corrected chi connectivity index (χ2v) is 7.23. The van der Waals surface area contributed by atoms with Crippen LogP contribution in [-0.2, 0) is 22.6 Å². The summed E-state index contributed by atoms with van der Waals surface area (Å²) in [6, 6.07) is 17.4. The molecule has 0 radical (unpaired) electrons. The van der Waals surface area contributed by atoms with Crippen LogP contribution in [0.5, 0.6) is 0 Å². The standard InChI is InChI=1S/C23H30N2O2/c1-5-22(26)25(16-20-13-9-10-18(4)14-20)21(23(27)24-17(2)3)15-19-11-7-6-8-12-19/h6-14,17,21H,5,15-16H2,1-4H3,(H,24,27)/t21-/m0/s1. The van der Waals surface area contributed by atoms with E-state index in [2.05, 4.69) is 11.4 Å². The summed E-state index contributed by atoms with van der Waals surface area (Å²) < 4.78 is 0. The van der Waals surface area contributed by atoms with E-state index < -0.39 is 6.04 Å². The van der Waals surface area contributed by atoms with Gasteiger partial charge >= 0.3 is 0 Å². The van der Waals surface area contributed by atoms with Gasteiger partial charge in [-0.1, -0.05) is 67.1 Å². The Balaban J connectivity index is 2.35. The number of benzene rings is 2. The zero-order valence-electron chi connectivity index (χ0n) is 16.7. The lowest BCUT2D eigenvalue weighted by atomic mass is 10.0.